The molecule has 0 saturated heterocycles. The summed E-state index contributed by atoms with van der Waals surface area (Å²) >= 11 is 0. The number of aliphatic hydroxyl groups excluding tert-OH is 1. The number of carbonyl (C=O) groups excluding carboxylic acids is 1. The van der Waals surface area contributed by atoms with E-state index in [1.165, 1.54) is 6.07 Å². The Morgan fingerprint density at radius 3 is 2.90 bits per heavy atom. The van der Waals surface area contributed by atoms with E-state index in [-0.39, 0.29) is 18.1 Å². The number of nitrogens with zero attached hydrogens (tertiary/aromatic N) is 1. The van der Waals surface area contributed by atoms with Gasteiger partial charge >= 0.3 is 0 Å². The largest absolute Gasteiger partial charge is 0.392 e. The number of rotatable bonds is 5. The molecule has 1 aliphatic rings. The van der Waals surface area contributed by atoms with Crippen molar-refractivity contribution in [3.63, 3.8) is 0 Å². The monoisotopic (exact) mass is 288 g/mol. The molecule has 1 saturated carbocycles. The number of benzene rings is 1. The highest BCUT2D eigenvalue weighted by atomic mass is 19.1. The van der Waals surface area contributed by atoms with E-state index in [1.54, 1.807) is 18.2 Å². The molecule has 4 nitrogen and oxygen atoms in total. The number of carbonyl (C=O) groups is 1. The van der Waals surface area contributed by atoms with Crippen LogP contribution in [0.4, 0.5) is 4.39 Å². The maximum absolute atomic E-state index is 13.3. The van der Waals surface area contributed by atoms with Crippen LogP contribution in [0.2, 0.25) is 0 Å². The molecule has 1 heterocycles. The Labute approximate surface area is 122 Å². The van der Waals surface area contributed by atoms with Crippen molar-refractivity contribution < 1.29 is 14.3 Å². The van der Waals surface area contributed by atoms with Crippen LogP contribution in [0.3, 0.4) is 0 Å². The smallest absolute Gasteiger partial charge is 0.268 e. The maximum atomic E-state index is 13.3. The predicted molar refractivity (Wildman–Crippen MR) is 76.2 cm³/mol. The molecule has 0 atom stereocenters. The summed E-state index contributed by atoms with van der Waals surface area (Å²) in [5.74, 6) is -0.572. The first-order valence-electron chi connectivity index (χ1n) is 7.02. The van der Waals surface area contributed by atoms with Crippen LogP contribution in [-0.4, -0.2) is 15.6 Å². The predicted octanol–water partition coefficient (Wildman–Crippen LogP) is 2.38. The van der Waals surface area contributed by atoms with Gasteiger partial charge in [-0.2, -0.15) is 0 Å². The molecule has 1 fully saturated rings. The third-order valence-corrected chi connectivity index (χ3v) is 3.69. The van der Waals surface area contributed by atoms with E-state index in [0.717, 1.165) is 18.4 Å². The zero-order valence-corrected chi connectivity index (χ0v) is 11.6. The van der Waals surface area contributed by atoms with E-state index < -0.39 is 5.82 Å². The fourth-order valence-electron chi connectivity index (χ4n) is 2.39. The van der Waals surface area contributed by atoms with E-state index >= 15 is 0 Å². The lowest BCUT2D eigenvalue weighted by molar-refractivity contribution is 0.0941. The number of amides is 1. The van der Waals surface area contributed by atoms with Gasteiger partial charge in [0.2, 0.25) is 0 Å². The zero-order chi connectivity index (χ0) is 14.8. The van der Waals surface area contributed by atoms with Crippen LogP contribution in [-0.2, 0) is 13.2 Å². The lowest BCUT2D eigenvalue weighted by Crippen LogP contribution is -2.25. The van der Waals surface area contributed by atoms with Gasteiger partial charge in [-0.15, -0.1) is 0 Å². The maximum Gasteiger partial charge on any atom is 0.268 e. The lowest BCUT2D eigenvalue weighted by atomic mass is 10.1. The number of hydrogen-bond acceptors (Lipinski definition) is 2. The summed E-state index contributed by atoms with van der Waals surface area (Å²) in [6.07, 6.45) is 4.16. The molecule has 3 rings (SSSR count). The summed E-state index contributed by atoms with van der Waals surface area (Å²) in [6, 6.07) is 8.60. The molecule has 0 unspecified atom stereocenters. The second-order valence-corrected chi connectivity index (χ2v) is 5.30. The summed E-state index contributed by atoms with van der Waals surface area (Å²) in [4.78, 5) is 12.2. The van der Waals surface area contributed by atoms with Crippen molar-refractivity contribution in [1.82, 2.24) is 9.88 Å². The normalized spacial score (nSPS) is 14.2. The number of halogens is 1. The Balaban J connectivity index is 1.67. The minimum Gasteiger partial charge on any atom is -0.392 e. The van der Waals surface area contributed by atoms with Gasteiger partial charge in [-0.3, -0.25) is 4.79 Å². The minimum atomic E-state index is -0.435. The highest BCUT2D eigenvalue weighted by Gasteiger charge is 2.26. The summed E-state index contributed by atoms with van der Waals surface area (Å²) in [6.45, 7) is -0.0416. The topological polar surface area (TPSA) is 54.3 Å². The molecule has 0 radical (unpaired) electrons. The fourth-order valence-corrected chi connectivity index (χ4v) is 2.39. The minimum absolute atomic E-state index is 0.137. The van der Waals surface area contributed by atoms with Crippen LogP contribution in [0.25, 0.3) is 0 Å². The Hall–Kier alpha value is -2.14. The van der Waals surface area contributed by atoms with Crippen LogP contribution in [0, 0.1) is 5.82 Å². The van der Waals surface area contributed by atoms with Gasteiger partial charge in [0.25, 0.3) is 5.91 Å². The summed E-state index contributed by atoms with van der Waals surface area (Å²) in [7, 11) is 0. The number of aromatic nitrogens is 1. The summed E-state index contributed by atoms with van der Waals surface area (Å²) in [5, 5.41) is 11.9. The Kier molecular flexibility index (Phi) is 3.75. The van der Waals surface area contributed by atoms with Crippen LogP contribution in [0.15, 0.2) is 36.5 Å². The third kappa shape index (κ3) is 2.97. The fraction of sp³-hybridized carbons (Fsp3) is 0.312. The Morgan fingerprint density at radius 1 is 1.38 bits per heavy atom. The molecule has 1 aromatic heterocycles. The molecule has 21 heavy (non-hydrogen) atoms. The first-order valence-corrected chi connectivity index (χ1v) is 7.02. The van der Waals surface area contributed by atoms with Gasteiger partial charge in [0, 0.05) is 24.3 Å². The molecule has 0 spiro atoms. The van der Waals surface area contributed by atoms with Crippen LogP contribution in [0.1, 0.15) is 40.5 Å². The highest BCUT2D eigenvalue weighted by Crippen LogP contribution is 2.35. The van der Waals surface area contributed by atoms with Crippen LogP contribution in [0.5, 0.6) is 0 Å². The Bertz CT molecular complexity index is 662. The van der Waals surface area contributed by atoms with Gasteiger partial charge < -0.3 is 15.0 Å². The lowest BCUT2D eigenvalue weighted by Gasteiger charge is -2.09. The number of hydrogen-bond donors (Lipinski definition) is 2. The molecule has 0 bridgehead atoms. The van der Waals surface area contributed by atoms with Gasteiger partial charge in [-0.05, 0) is 42.7 Å². The van der Waals surface area contributed by atoms with Crippen LogP contribution >= 0.6 is 0 Å². The first kappa shape index (κ1) is 13.8. The first-order chi connectivity index (χ1) is 10.2. The van der Waals surface area contributed by atoms with Crippen molar-refractivity contribution in [2.45, 2.75) is 32.0 Å². The highest BCUT2D eigenvalue weighted by molar-refractivity contribution is 5.92. The zero-order valence-electron chi connectivity index (χ0n) is 11.6. The molecular weight excluding hydrogens is 271 g/mol. The molecule has 1 aliphatic carbocycles. The molecular formula is C16H17FN2O2. The van der Waals surface area contributed by atoms with E-state index in [4.69, 9.17) is 5.11 Å². The average Bonchev–Trinajstić information content (AvgIpc) is 3.23. The standard InChI is InChI=1S/C16H17FN2O2/c17-14-6-3-11(8-12(14)10-20)9-18-16(21)15-2-1-7-19(15)13-4-5-13/h1-3,6-8,13,20H,4-5,9-10H2,(H,18,21). The molecule has 0 aliphatic heterocycles. The quantitative estimate of drug-likeness (QED) is 0.887. The van der Waals surface area contributed by atoms with Gasteiger partial charge in [0.1, 0.15) is 11.5 Å². The molecule has 1 aromatic carbocycles. The SMILES string of the molecule is O=C(NCc1ccc(F)c(CO)c1)c1cccn1C1CC1. The van der Waals surface area contributed by atoms with Crippen molar-refractivity contribution in [3.8, 4) is 0 Å². The molecule has 2 N–H and O–H groups in total. The third-order valence-electron chi connectivity index (χ3n) is 3.69. The summed E-state index contributed by atoms with van der Waals surface area (Å²) < 4.78 is 15.3. The second-order valence-electron chi connectivity index (χ2n) is 5.30. The molecule has 2 aromatic rings. The van der Waals surface area contributed by atoms with Gasteiger partial charge in [0.05, 0.1) is 6.61 Å². The van der Waals surface area contributed by atoms with Crippen molar-refractivity contribution in [3.05, 3.63) is 59.2 Å². The van der Waals surface area contributed by atoms with E-state index in [2.05, 4.69) is 5.32 Å². The van der Waals surface area contributed by atoms with Crippen molar-refractivity contribution in [2.24, 2.45) is 0 Å². The van der Waals surface area contributed by atoms with Gasteiger partial charge in [-0.1, -0.05) is 6.07 Å². The van der Waals surface area contributed by atoms with Crippen LogP contribution < -0.4 is 5.32 Å². The average molecular weight is 288 g/mol. The molecule has 1 amide bonds. The van der Waals surface area contributed by atoms with Crippen molar-refractivity contribution >= 4 is 5.91 Å². The van der Waals surface area contributed by atoms with Crippen molar-refractivity contribution in [2.75, 3.05) is 0 Å². The van der Waals surface area contributed by atoms with Gasteiger partial charge in [0.15, 0.2) is 0 Å². The molecule has 110 valence electrons. The number of nitrogens with one attached hydrogen (secondary N) is 1. The number of aliphatic hydroxyl groups is 1. The van der Waals surface area contributed by atoms with Crippen molar-refractivity contribution in [1.29, 1.82) is 0 Å². The summed E-state index contributed by atoms with van der Waals surface area (Å²) in [5.41, 5.74) is 1.66. The van der Waals surface area contributed by atoms with E-state index in [9.17, 15) is 9.18 Å². The van der Waals surface area contributed by atoms with Gasteiger partial charge in [-0.25, -0.2) is 4.39 Å². The Morgan fingerprint density at radius 2 is 2.19 bits per heavy atom. The second kappa shape index (κ2) is 5.69. The van der Waals surface area contributed by atoms with E-state index in [1.807, 2.05) is 16.8 Å². The van der Waals surface area contributed by atoms with E-state index in [0.29, 0.717) is 18.3 Å². The molecule has 5 heteroatoms.